The first kappa shape index (κ1) is 12.2. The molecule has 2 aliphatic rings. The molecule has 0 atom stereocenters. The predicted octanol–water partition coefficient (Wildman–Crippen LogP) is 2.50. The summed E-state index contributed by atoms with van der Waals surface area (Å²) in [5, 5.41) is 8.76. The zero-order valence-electron chi connectivity index (χ0n) is 11.0. The van der Waals surface area contributed by atoms with Crippen molar-refractivity contribution in [3.05, 3.63) is 35.4 Å². The highest BCUT2D eigenvalue weighted by molar-refractivity contribution is 5.79. The topological polar surface area (TPSA) is 44.1 Å². The van der Waals surface area contributed by atoms with Crippen molar-refractivity contribution in [2.45, 2.75) is 38.1 Å². The van der Waals surface area contributed by atoms with Gasteiger partial charge in [-0.1, -0.05) is 12.1 Å². The van der Waals surface area contributed by atoms with Crippen molar-refractivity contribution in [3.8, 4) is 6.07 Å². The highest BCUT2D eigenvalue weighted by Gasteiger charge is 2.36. The number of rotatable bonds is 5. The molecule has 0 bridgehead atoms. The maximum atomic E-state index is 12.4. The van der Waals surface area contributed by atoms with Gasteiger partial charge in [0.05, 0.1) is 18.1 Å². The van der Waals surface area contributed by atoms with Crippen LogP contribution in [0.3, 0.4) is 0 Å². The third-order valence-electron chi connectivity index (χ3n) is 3.90. The van der Waals surface area contributed by atoms with Gasteiger partial charge < -0.3 is 4.90 Å². The lowest BCUT2D eigenvalue weighted by Crippen LogP contribution is -2.36. The van der Waals surface area contributed by atoms with Crippen LogP contribution in [0.4, 0.5) is 0 Å². The number of carbonyl (C=O) groups excluding carboxylic acids is 1. The third kappa shape index (κ3) is 3.14. The molecule has 0 N–H and O–H groups in total. The molecule has 2 saturated carbocycles. The molecule has 0 spiro atoms. The quantitative estimate of drug-likeness (QED) is 0.810. The zero-order valence-corrected chi connectivity index (χ0v) is 11.0. The molecule has 3 heteroatoms. The summed E-state index contributed by atoms with van der Waals surface area (Å²) < 4.78 is 0. The minimum absolute atomic E-state index is 0.249. The molecular formula is C16H18N2O. The monoisotopic (exact) mass is 254 g/mol. The summed E-state index contributed by atoms with van der Waals surface area (Å²) in [6.07, 6.45) is 5.38. The standard InChI is InChI=1S/C16H18N2O/c17-10-13-3-1-12(2-4-13)9-16(19)18(15-7-8-15)11-14-5-6-14/h1-4,14-15H,5-9,11H2. The minimum atomic E-state index is 0.249. The van der Waals surface area contributed by atoms with Gasteiger partial charge in [0.15, 0.2) is 0 Å². The van der Waals surface area contributed by atoms with Crippen LogP contribution in [-0.2, 0) is 11.2 Å². The fourth-order valence-electron chi connectivity index (χ4n) is 2.39. The lowest BCUT2D eigenvalue weighted by atomic mass is 10.1. The van der Waals surface area contributed by atoms with Crippen LogP contribution in [-0.4, -0.2) is 23.4 Å². The van der Waals surface area contributed by atoms with Crippen molar-refractivity contribution < 1.29 is 4.79 Å². The highest BCUT2D eigenvalue weighted by atomic mass is 16.2. The molecule has 0 heterocycles. The Bertz CT molecular complexity index is 507. The summed E-state index contributed by atoms with van der Waals surface area (Å²) in [7, 11) is 0. The van der Waals surface area contributed by atoms with Crippen molar-refractivity contribution in [2.75, 3.05) is 6.54 Å². The minimum Gasteiger partial charge on any atom is -0.339 e. The zero-order chi connectivity index (χ0) is 13.2. The number of hydrogen-bond acceptors (Lipinski definition) is 2. The van der Waals surface area contributed by atoms with Crippen LogP contribution in [0, 0.1) is 17.2 Å². The Kier molecular flexibility index (Phi) is 3.25. The van der Waals surface area contributed by atoms with Crippen molar-refractivity contribution in [1.82, 2.24) is 4.90 Å². The number of benzene rings is 1. The van der Waals surface area contributed by atoms with E-state index in [-0.39, 0.29) is 5.91 Å². The Morgan fingerprint density at radius 3 is 2.42 bits per heavy atom. The van der Waals surface area contributed by atoms with E-state index < -0.39 is 0 Å². The van der Waals surface area contributed by atoms with Crippen LogP contribution >= 0.6 is 0 Å². The van der Waals surface area contributed by atoms with Gasteiger partial charge in [-0.3, -0.25) is 4.79 Å². The van der Waals surface area contributed by atoms with E-state index in [1.807, 2.05) is 12.1 Å². The molecule has 0 saturated heterocycles. The molecule has 19 heavy (non-hydrogen) atoms. The molecule has 2 fully saturated rings. The van der Waals surface area contributed by atoms with Crippen molar-refractivity contribution in [1.29, 1.82) is 5.26 Å². The van der Waals surface area contributed by atoms with Gasteiger partial charge in [-0.05, 0) is 49.3 Å². The van der Waals surface area contributed by atoms with Crippen LogP contribution in [0.5, 0.6) is 0 Å². The molecule has 2 aliphatic carbocycles. The lowest BCUT2D eigenvalue weighted by molar-refractivity contribution is -0.131. The summed E-state index contributed by atoms with van der Waals surface area (Å²) in [5.74, 6) is 1.00. The first-order chi connectivity index (χ1) is 9.26. The van der Waals surface area contributed by atoms with Crippen LogP contribution in [0.1, 0.15) is 36.8 Å². The molecule has 1 aromatic rings. The van der Waals surface area contributed by atoms with E-state index >= 15 is 0 Å². The summed E-state index contributed by atoms with van der Waals surface area (Å²) in [4.78, 5) is 14.5. The van der Waals surface area contributed by atoms with E-state index in [0.29, 0.717) is 18.0 Å². The fourth-order valence-corrected chi connectivity index (χ4v) is 2.39. The lowest BCUT2D eigenvalue weighted by Gasteiger charge is -2.22. The van der Waals surface area contributed by atoms with Gasteiger partial charge >= 0.3 is 0 Å². The van der Waals surface area contributed by atoms with Gasteiger partial charge in [0, 0.05) is 12.6 Å². The molecule has 98 valence electrons. The van der Waals surface area contributed by atoms with Gasteiger partial charge in [-0.15, -0.1) is 0 Å². The second kappa shape index (κ2) is 5.05. The smallest absolute Gasteiger partial charge is 0.227 e. The molecule has 0 aliphatic heterocycles. The predicted molar refractivity (Wildman–Crippen MR) is 72.3 cm³/mol. The van der Waals surface area contributed by atoms with Crippen LogP contribution in [0.25, 0.3) is 0 Å². The van der Waals surface area contributed by atoms with Crippen LogP contribution in [0.15, 0.2) is 24.3 Å². The molecular weight excluding hydrogens is 236 g/mol. The normalized spacial score (nSPS) is 17.8. The largest absolute Gasteiger partial charge is 0.339 e. The van der Waals surface area contributed by atoms with E-state index in [0.717, 1.165) is 18.0 Å². The second-order valence-corrected chi connectivity index (χ2v) is 5.71. The maximum absolute atomic E-state index is 12.4. The Morgan fingerprint density at radius 2 is 1.89 bits per heavy atom. The second-order valence-electron chi connectivity index (χ2n) is 5.71. The fraction of sp³-hybridized carbons (Fsp3) is 0.500. The summed E-state index contributed by atoms with van der Waals surface area (Å²) in [5.41, 5.74) is 1.65. The van der Waals surface area contributed by atoms with E-state index in [1.165, 1.54) is 25.7 Å². The number of carbonyl (C=O) groups is 1. The molecule has 1 amide bonds. The number of nitriles is 1. The number of amides is 1. The summed E-state index contributed by atoms with van der Waals surface area (Å²) in [6, 6.07) is 9.94. The van der Waals surface area contributed by atoms with Crippen LogP contribution in [0.2, 0.25) is 0 Å². The van der Waals surface area contributed by atoms with Gasteiger partial charge in [0.25, 0.3) is 0 Å². The molecule has 3 nitrogen and oxygen atoms in total. The maximum Gasteiger partial charge on any atom is 0.227 e. The van der Waals surface area contributed by atoms with Gasteiger partial charge in [0.1, 0.15) is 0 Å². The Hall–Kier alpha value is -1.82. The van der Waals surface area contributed by atoms with Crippen molar-refractivity contribution in [2.24, 2.45) is 5.92 Å². The molecule has 0 unspecified atom stereocenters. The molecule has 0 aromatic heterocycles. The van der Waals surface area contributed by atoms with Gasteiger partial charge in [-0.25, -0.2) is 0 Å². The Balaban J connectivity index is 1.63. The SMILES string of the molecule is N#Cc1ccc(CC(=O)N(CC2CC2)C2CC2)cc1. The summed E-state index contributed by atoms with van der Waals surface area (Å²) >= 11 is 0. The third-order valence-corrected chi connectivity index (χ3v) is 3.90. The first-order valence-corrected chi connectivity index (χ1v) is 7.05. The van der Waals surface area contributed by atoms with Crippen LogP contribution < -0.4 is 0 Å². The van der Waals surface area contributed by atoms with Gasteiger partial charge in [-0.2, -0.15) is 5.26 Å². The molecule has 0 radical (unpaired) electrons. The highest BCUT2D eigenvalue weighted by Crippen LogP contribution is 2.35. The Morgan fingerprint density at radius 1 is 1.21 bits per heavy atom. The van der Waals surface area contributed by atoms with E-state index in [2.05, 4.69) is 11.0 Å². The van der Waals surface area contributed by atoms with E-state index in [4.69, 9.17) is 5.26 Å². The Labute approximate surface area is 113 Å². The number of hydrogen-bond donors (Lipinski definition) is 0. The van der Waals surface area contributed by atoms with Crippen molar-refractivity contribution in [3.63, 3.8) is 0 Å². The average molecular weight is 254 g/mol. The molecule has 1 aromatic carbocycles. The first-order valence-electron chi connectivity index (χ1n) is 7.05. The molecule has 3 rings (SSSR count). The average Bonchev–Trinajstić information content (AvgIpc) is 3.28. The number of nitrogens with zero attached hydrogens (tertiary/aromatic N) is 2. The van der Waals surface area contributed by atoms with Gasteiger partial charge in [0.2, 0.25) is 5.91 Å². The summed E-state index contributed by atoms with van der Waals surface area (Å²) in [6.45, 7) is 0.958. The van der Waals surface area contributed by atoms with E-state index in [1.54, 1.807) is 12.1 Å². The van der Waals surface area contributed by atoms with E-state index in [9.17, 15) is 4.79 Å². The van der Waals surface area contributed by atoms with Crippen molar-refractivity contribution >= 4 is 5.91 Å².